The number of aromatic amines is 1. The lowest BCUT2D eigenvalue weighted by atomic mass is 10.0. The minimum atomic E-state index is -0.363. The van der Waals surface area contributed by atoms with Crippen LogP contribution in [-0.2, 0) is 13.1 Å². The number of ether oxygens (including phenoxy) is 3. The number of methoxy groups -OCH3 is 1. The summed E-state index contributed by atoms with van der Waals surface area (Å²) in [6.45, 7) is 4.49. The van der Waals surface area contributed by atoms with E-state index >= 15 is 0 Å². The van der Waals surface area contributed by atoms with Crippen molar-refractivity contribution in [3.63, 3.8) is 0 Å². The lowest BCUT2D eigenvalue weighted by Crippen LogP contribution is -2.35. The molecular weight excluding hydrogens is 458 g/mol. The molecule has 36 heavy (non-hydrogen) atoms. The van der Waals surface area contributed by atoms with E-state index in [0.29, 0.717) is 28.5 Å². The number of benzene rings is 3. The number of H-pyrrole nitrogens is 1. The second-order valence-electron chi connectivity index (χ2n) is 8.79. The third-order valence-electron chi connectivity index (χ3n) is 6.33. The Labute approximate surface area is 208 Å². The van der Waals surface area contributed by atoms with Gasteiger partial charge in [0.15, 0.2) is 11.5 Å². The number of pyridine rings is 1. The maximum Gasteiger partial charge on any atom is 0.322 e. The van der Waals surface area contributed by atoms with E-state index in [1.807, 2.05) is 62.4 Å². The van der Waals surface area contributed by atoms with E-state index in [0.717, 1.165) is 27.6 Å². The Kier molecular flexibility index (Phi) is 6.25. The van der Waals surface area contributed by atoms with Gasteiger partial charge in [0.1, 0.15) is 5.75 Å². The first kappa shape index (κ1) is 23.3. The van der Waals surface area contributed by atoms with Crippen LogP contribution < -0.4 is 25.1 Å². The van der Waals surface area contributed by atoms with Crippen LogP contribution in [0.5, 0.6) is 17.2 Å². The van der Waals surface area contributed by atoms with Crippen LogP contribution in [0.3, 0.4) is 0 Å². The molecule has 0 fully saturated rings. The molecule has 184 valence electrons. The summed E-state index contributed by atoms with van der Waals surface area (Å²) >= 11 is 0. The van der Waals surface area contributed by atoms with Crippen LogP contribution in [0.2, 0.25) is 0 Å². The Balaban J connectivity index is 1.50. The number of rotatable bonds is 6. The second kappa shape index (κ2) is 9.65. The average Bonchev–Trinajstić information content (AvgIpc) is 3.35. The Hall–Kier alpha value is -4.46. The summed E-state index contributed by atoms with van der Waals surface area (Å²) in [5.41, 5.74) is 4.51. The van der Waals surface area contributed by atoms with E-state index in [1.165, 1.54) is 0 Å². The number of hydrogen-bond donors (Lipinski definition) is 2. The molecule has 5 rings (SSSR count). The molecule has 0 bridgehead atoms. The molecule has 3 aromatic carbocycles. The Morgan fingerprint density at radius 1 is 1.00 bits per heavy atom. The van der Waals surface area contributed by atoms with Gasteiger partial charge < -0.3 is 29.4 Å². The number of nitrogens with one attached hydrogen (secondary N) is 2. The molecule has 1 aliphatic rings. The number of nitrogens with zero attached hydrogens (tertiary/aromatic N) is 1. The van der Waals surface area contributed by atoms with E-state index < -0.39 is 0 Å². The molecule has 1 aliphatic heterocycles. The number of aromatic nitrogens is 1. The third kappa shape index (κ3) is 4.57. The third-order valence-corrected chi connectivity index (χ3v) is 6.33. The van der Waals surface area contributed by atoms with Crippen LogP contribution in [0.25, 0.3) is 10.9 Å². The minimum absolute atomic E-state index is 0.105. The maximum absolute atomic E-state index is 13.5. The van der Waals surface area contributed by atoms with Crippen molar-refractivity contribution in [2.45, 2.75) is 26.9 Å². The maximum atomic E-state index is 13.5. The molecule has 8 heteroatoms. The topological polar surface area (TPSA) is 92.9 Å². The molecule has 0 spiro atoms. The van der Waals surface area contributed by atoms with Crippen molar-refractivity contribution in [2.24, 2.45) is 0 Å². The summed E-state index contributed by atoms with van der Waals surface area (Å²) in [4.78, 5) is 31.2. The smallest absolute Gasteiger partial charge is 0.322 e. The van der Waals surface area contributed by atoms with Gasteiger partial charge in [-0.25, -0.2) is 4.79 Å². The van der Waals surface area contributed by atoms with Gasteiger partial charge in [-0.2, -0.15) is 0 Å². The summed E-state index contributed by atoms with van der Waals surface area (Å²) in [6.07, 6.45) is 0. The molecule has 0 atom stereocenters. The van der Waals surface area contributed by atoms with Gasteiger partial charge in [0.25, 0.3) is 5.56 Å². The quantitative estimate of drug-likeness (QED) is 0.396. The number of urea groups is 1. The minimum Gasteiger partial charge on any atom is -0.495 e. The summed E-state index contributed by atoms with van der Waals surface area (Å²) in [5, 5.41) is 3.88. The summed E-state index contributed by atoms with van der Waals surface area (Å²) in [6, 6.07) is 18.3. The summed E-state index contributed by atoms with van der Waals surface area (Å²) in [5.74, 6) is 1.84. The second-order valence-corrected chi connectivity index (χ2v) is 8.79. The van der Waals surface area contributed by atoms with Crippen LogP contribution in [0, 0.1) is 13.8 Å². The van der Waals surface area contributed by atoms with Crippen molar-refractivity contribution in [2.75, 3.05) is 19.2 Å². The van der Waals surface area contributed by atoms with E-state index in [2.05, 4.69) is 10.3 Å². The molecule has 0 saturated carbocycles. The standard InChI is InChI=1S/C28H27N3O5/c1-17-8-9-18(2)26-21(17)13-20(27(32)30-26)15-31(14-19-10-11-24-25(12-19)36-16-35-24)28(33)29-22-6-4-5-7-23(22)34-3/h4-13H,14-16H2,1-3H3,(H,29,33)(H,30,32). The zero-order valence-electron chi connectivity index (χ0n) is 20.4. The molecule has 2 heterocycles. The number of carbonyl (C=O) groups is 1. The van der Waals surface area contributed by atoms with E-state index in [4.69, 9.17) is 14.2 Å². The highest BCUT2D eigenvalue weighted by Gasteiger charge is 2.21. The summed E-state index contributed by atoms with van der Waals surface area (Å²) in [7, 11) is 1.55. The van der Waals surface area contributed by atoms with Crippen molar-refractivity contribution in [1.82, 2.24) is 9.88 Å². The van der Waals surface area contributed by atoms with Crippen molar-refractivity contribution < 1.29 is 19.0 Å². The molecule has 0 radical (unpaired) electrons. The first-order chi connectivity index (χ1) is 17.4. The lowest BCUT2D eigenvalue weighted by molar-refractivity contribution is 0.174. The molecule has 8 nitrogen and oxygen atoms in total. The van der Waals surface area contributed by atoms with Gasteiger partial charge in [0.2, 0.25) is 6.79 Å². The Morgan fingerprint density at radius 2 is 1.78 bits per heavy atom. The molecule has 2 amide bonds. The van der Waals surface area contributed by atoms with Gasteiger partial charge >= 0.3 is 6.03 Å². The fourth-order valence-electron chi connectivity index (χ4n) is 4.34. The van der Waals surface area contributed by atoms with E-state index in [1.54, 1.807) is 24.1 Å². The highest BCUT2D eigenvalue weighted by Crippen LogP contribution is 2.33. The van der Waals surface area contributed by atoms with Crippen LogP contribution in [0.15, 0.2) is 65.5 Å². The fraction of sp³-hybridized carbons (Fsp3) is 0.214. The predicted octanol–water partition coefficient (Wildman–Crippen LogP) is 5.12. The number of fused-ring (bicyclic) bond motifs is 2. The molecule has 0 unspecified atom stereocenters. The van der Waals surface area contributed by atoms with Gasteiger partial charge in [0, 0.05) is 17.5 Å². The Morgan fingerprint density at radius 3 is 2.61 bits per heavy atom. The number of para-hydroxylation sites is 2. The van der Waals surface area contributed by atoms with Crippen LogP contribution in [0.1, 0.15) is 22.3 Å². The molecule has 4 aromatic rings. The van der Waals surface area contributed by atoms with Crippen molar-refractivity contribution in [3.05, 3.63) is 93.3 Å². The molecule has 0 aliphatic carbocycles. The number of carbonyl (C=O) groups excluding carboxylic acids is 1. The lowest BCUT2D eigenvalue weighted by Gasteiger charge is -2.24. The number of hydrogen-bond acceptors (Lipinski definition) is 5. The van der Waals surface area contributed by atoms with E-state index in [-0.39, 0.29) is 31.5 Å². The monoisotopic (exact) mass is 485 g/mol. The first-order valence-corrected chi connectivity index (χ1v) is 11.6. The summed E-state index contributed by atoms with van der Waals surface area (Å²) < 4.78 is 16.3. The first-order valence-electron chi connectivity index (χ1n) is 11.6. The van der Waals surface area contributed by atoms with Crippen LogP contribution in [-0.4, -0.2) is 29.8 Å². The number of amides is 2. The average molecular weight is 486 g/mol. The van der Waals surface area contributed by atoms with Gasteiger partial charge in [-0.15, -0.1) is 0 Å². The zero-order valence-corrected chi connectivity index (χ0v) is 20.4. The van der Waals surface area contributed by atoms with Gasteiger partial charge in [-0.05, 0) is 60.9 Å². The number of anilines is 1. The van der Waals surface area contributed by atoms with Crippen molar-refractivity contribution in [1.29, 1.82) is 0 Å². The van der Waals surface area contributed by atoms with Crippen LogP contribution >= 0.6 is 0 Å². The van der Waals surface area contributed by atoms with Crippen molar-refractivity contribution in [3.8, 4) is 17.2 Å². The highest BCUT2D eigenvalue weighted by molar-refractivity contribution is 5.91. The molecule has 2 N–H and O–H groups in total. The largest absolute Gasteiger partial charge is 0.495 e. The number of aryl methyl sites for hydroxylation is 2. The fourth-order valence-corrected chi connectivity index (χ4v) is 4.34. The molecule has 0 saturated heterocycles. The highest BCUT2D eigenvalue weighted by atomic mass is 16.7. The zero-order chi connectivity index (χ0) is 25.2. The SMILES string of the molecule is COc1ccccc1NC(=O)N(Cc1ccc2c(c1)OCO2)Cc1cc2c(C)ccc(C)c2[nH]c1=O. The van der Waals surface area contributed by atoms with Gasteiger partial charge in [-0.3, -0.25) is 4.79 Å². The molecule has 1 aromatic heterocycles. The normalized spacial score (nSPS) is 12.0. The van der Waals surface area contributed by atoms with Gasteiger partial charge in [0.05, 0.1) is 24.9 Å². The predicted molar refractivity (Wildman–Crippen MR) is 138 cm³/mol. The van der Waals surface area contributed by atoms with Crippen molar-refractivity contribution >= 4 is 22.6 Å². The van der Waals surface area contributed by atoms with E-state index in [9.17, 15) is 9.59 Å². The van der Waals surface area contributed by atoms with Gasteiger partial charge in [-0.1, -0.05) is 30.3 Å². The van der Waals surface area contributed by atoms with Crippen LogP contribution in [0.4, 0.5) is 10.5 Å². The molecular formula is C28H27N3O5. The Bertz CT molecular complexity index is 1510.